The molecule has 0 bridgehead atoms. The highest BCUT2D eigenvalue weighted by molar-refractivity contribution is 6.22. The van der Waals surface area contributed by atoms with Crippen molar-refractivity contribution in [2.45, 2.75) is 17.9 Å². The van der Waals surface area contributed by atoms with Crippen molar-refractivity contribution in [2.75, 3.05) is 0 Å². The lowest BCUT2D eigenvalue weighted by atomic mass is 10.1. The number of alkyl halides is 1. The summed E-state index contributed by atoms with van der Waals surface area (Å²) in [6.07, 6.45) is 0.0385. The fourth-order valence-corrected chi connectivity index (χ4v) is 1.77. The molecule has 3 heteroatoms. The van der Waals surface area contributed by atoms with Crippen molar-refractivity contribution in [3.63, 3.8) is 0 Å². The van der Waals surface area contributed by atoms with Gasteiger partial charge in [-0.25, -0.2) is 0 Å². The molecule has 1 aromatic rings. The van der Waals surface area contributed by atoms with Crippen LogP contribution in [0.3, 0.4) is 0 Å². The lowest BCUT2D eigenvalue weighted by molar-refractivity contribution is -0.141. The third-order valence-corrected chi connectivity index (χ3v) is 2.46. The molecule has 0 N–H and O–H groups in total. The van der Waals surface area contributed by atoms with Crippen LogP contribution in [-0.2, 0) is 9.53 Å². The van der Waals surface area contributed by atoms with Gasteiger partial charge in [0.25, 0.3) is 0 Å². The predicted octanol–water partition coefficient (Wildman–Crippen LogP) is 2.28. The lowest BCUT2D eigenvalue weighted by Gasteiger charge is -2.11. The second-order valence-electron chi connectivity index (χ2n) is 3.04. The molecule has 1 aliphatic heterocycles. The number of esters is 1. The fourth-order valence-electron chi connectivity index (χ4n) is 1.45. The van der Waals surface area contributed by atoms with Crippen LogP contribution in [0.15, 0.2) is 30.3 Å². The van der Waals surface area contributed by atoms with Gasteiger partial charge in [0.1, 0.15) is 6.10 Å². The van der Waals surface area contributed by atoms with Gasteiger partial charge in [-0.1, -0.05) is 30.3 Å². The van der Waals surface area contributed by atoms with Crippen molar-refractivity contribution in [3.05, 3.63) is 35.9 Å². The molecule has 68 valence electrons. The summed E-state index contributed by atoms with van der Waals surface area (Å²) in [5, 5.41) is -0.227. The molecule has 1 fully saturated rings. The first-order valence-corrected chi connectivity index (χ1v) is 4.59. The van der Waals surface area contributed by atoms with Gasteiger partial charge in [0.15, 0.2) is 0 Å². The van der Waals surface area contributed by atoms with E-state index < -0.39 is 0 Å². The Morgan fingerprint density at radius 2 is 2.00 bits per heavy atom. The molecule has 0 aliphatic carbocycles. The second-order valence-corrected chi connectivity index (χ2v) is 3.60. The van der Waals surface area contributed by atoms with Crippen LogP contribution in [0.2, 0.25) is 0 Å². The Balaban J connectivity index is 2.23. The van der Waals surface area contributed by atoms with E-state index in [1.165, 1.54) is 0 Å². The fraction of sp³-hybridized carbons (Fsp3) is 0.300. The van der Waals surface area contributed by atoms with E-state index in [4.69, 9.17) is 16.3 Å². The molecule has 1 aliphatic rings. The van der Waals surface area contributed by atoms with E-state index in [9.17, 15) is 4.79 Å². The molecule has 2 nitrogen and oxygen atoms in total. The van der Waals surface area contributed by atoms with Crippen molar-refractivity contribution in [2.24, 2.45) is 0 Å². The van der Waals surface area contributed by atoms with Crippen LogP contribution in [0, 0.1) is 0 Å². The van der Waals surface area contributed by atoms with E-state index >= 15 is 0 Å². The minimum absolute atomic E-state index is 0.214. The van der Waals surface area contributed by atoms with E-state index in [0.29, 0.717) is 6.42 Å². The van der Waals surface area contributed by atoms with Crippen LogP contribution in [0.1, 0.15) is 18.1 Å². The summed E-state index contributed by atoms with van der Waals surface area (Å²) in [5.74, 6) is -0.214. The van der Waals surface area contributed by atoms with Crippen molar-refractivity contribution >= 4 is 17.6 Å². The van der Waals surface area contributed by atoms with Crippen LogP contribution in [0.25, 0.3) is 0 Å². The number of rotatable bonds is 1. The molecule has 1 aromatic carbocycles. The first-order chi connectivity index (χ1) is 6.27. The van der Waals surface area contributed by atoms with Crippen LogP contribution in [-0.4, -0.2) is 11.3 Å². The molecule has 0 radical (unpaired) electrons. The summed E-state index contributed by atoms with van der Waals surface area (Å²) in [6.45, 7) is 0. The maximum atomic E-state index is 10.9. The van der Waals surface area contributed by atoms with Crippen molar-refractivity contribution < 1.29 is 9.53 Å². The first kappa shape index (κ1) is 8.57. The molecule has 2 atom stereocenters. The third-order valence-electron chi connectivity index (χ3n) is 2.08. The van der Waals surface area contributed by atoms with Gasteiger partial charge in [-0.05, 0) is 5.56 Å². The molecule has 2 rings (SSSR count). The molecule has 0 spiro atoms. The Hall–Kier alpha value is -1.02. The average Bonchev–Trinajstić information content (AvgIpc) is 2.47. The second kappa shape index (κ2) is 3.38. The Morgan fingerprint density at radius 1 is 1.31 bits per heavy atom. The van der Waals surface area contributed by atoms with E-state index in [1.54, 1.807) is 0 Å². The summed E-state index contributed by atoms with van der Waals surface area (Å²) >= 11 is 5.96. The highest BCUT2D eigenvalue weighted by Gasteiger charge is 2.34. The van der Waals surface area contributed by atoms with E-state index in [0.717, 1.165) is 5.56 Å². The maximum Gasteiger partial charge on any atom is 0.308 e. The number of carbonyl (C=O) groups is 1. The maximum absolute atomic E-state index is 10.9. The van der Waals surface area contributed by atoms with Crippen molar-refractivity contribution in [1.82, 2.24) is 0 Å². The van der Waals surface area contributed by atoms with Gasteiger partial charge >= 0.3 is 5.97 Å². The first-order valence-electron chi connectivity index (χ1n) is 4.16. The highest BCUT2D eigenvalue weighted by Crippen LogP contribution is 2.33. The SMILES string of the molecule is O=C1CC(Cl)C(c2ccccc2)O1. The van der Waals surface area contributed by atoms with Crippen molar-refractivity contribution in [3.8, 4) is 0 Å². The summed E-state index contributed by atoms with van der Waals surface area (Å²) in [6, 6.07) is 9.57. The number of ether oxygens (including phenoxy) is 1. The number of benzene rings is 1. The van der Waals surface area contributed by atoms with Crippen molar-refractivity contribution in [1.29, 1.82) is 0 Å². The van der Waals surface area contributed by atoms with Gasteiger partial charge in [0, 0.05) is 0 Å². The summed E-state index contributed by atoms with van der Waals surface area (Å²) < 4.78 is 5.09. The smallest absolute Gasteiger partial charge is 0.308 e. The molecule has 13 heavy (non-hydrogen) atoms. The Bertz CT molecular complexity index is 310. The van der Waals surface area contributed by atoms with Crippen LogP contribution in [0.5, 0.6) is 0 Å². The van der Waals surface area contributed by atoms with Crippen LogP contribution in [0.4, 0.5) is 0 Å². The van der Waals surface area contributed by atoms with E-state index in [1.807, 2.05) is 30.3 Å². The molecule has 1 saturated heterocycles. The van der Waals surface area contributed by atoms with Gasteiger partial charge in [0.2, 0.25) is 0 Å². The molecule has 0 saturated carbocycles. The molecular formula is C10H9ClO2. The van der Waals surface area contributed by atoms with Gasteiger partial charge in [0.05, 0.1) is 11.8 Å². The Labute approximate surface area is 81.5 Å². The normalized spacial score (nSPS) is 27.3. The van der Waals surface area contributed by atoms with Gasteiger partial charge in [-0.3, -0.25) is 4.79 Å². The Morgan fingerprint density at radius 3 is 2.54 bits per heavy atom. The molecular weight excluding hydrogens is 188 g/mol. The van der Waals surface area contributed by atoms with E-state index in [2.05, 4.69) is 0 Å². The average molecular weight is 197 g/mol. The van der Waals surface area contributed by atoms with Gasteiger partial charge < -0.3 is 4.74 Å². The van der Waals surface area contributed by atoms with Gasteiger partial charge in [-0.2, -0.15) is 0 Å². The Kier molecular flexibility index (Phi) is 2.23. The summed E-state index contributed by atoms with van der Waals surface area (Å²) in [7, 11) is 0. The van der Waals surface area contributed by atoms with Crippen LogP contribution >= 0.6 is 11.6 Å². The number of cyclic esters (lactones) is 1. The number of hydrogen-bond donors (Lipinski definition) is 0. The monoisotopic (exact) mass is 196 g/mol. The number of hydrogen-bond acceptors (Lipinski definition) is 2. The molecule has 0 amide bonds. The van der Waals surface area contributed by atoms with Crippen LogP contribution < -0.4 is 0 Å². The van der Waals surface area contributed by atoms with Gasteiger partial charge in [-0.15, -0.1) is 11.6 Å². The zero-order chi connectivity index (χ0) is 9.26. The third kappa shape index (κ3) is 1.68. The van der Waals surface area contributed by atoms with E-state index in [-0.39, 0.29) is 17.5 Å². The lowest BCUT2D eigenvalue weighted by Crippen LogP contribution is -2.05. The number of halogens is 1. The largest absolute Gasteiger partial charge is 0.456 e. The topological polar surface area (TPSA) is 26.3 Å². The number of carbonyl (C=O) groups excluding carboxylic acids is 1. The zero-order valence-electron chi connectivity index (χ0n) is 6.94. The standard InChI is InChI=1S/C10H9ClO2/c11-8-6-9(12)13-10(8)7-4-2-1-3-5-7/h1-5,8,10H,6H2. The molecule has 1 heterocycles. The predicted molar refractivity (Wildman–Crippen MR) is 49.5 cm³/mol. The quantitative estimate of drug-likeness (QED) is 0.509. The summed E-state index contributed by atoms with van der Waals surface area (Å²) in [4.78, 5) is 10.9. The highest BCUT2D eigenvalue weighted by atomic mass is 35.5. The minimum Gasteiger partial charge on any atom is -0.456 e. The molecule has 2 unspecified atom stereocenters. The summed E-state index contributed by atoms with van der Waals surface area (Å²) in [5.41, 5.74) is 0.966. The molecule has 0 aromatic heterocycles. The minimum atomic E-state index is -0.268. The zero-order valence-corrected chi connectivity index (χ0v) is 7.70.